The number of aliphatic carboxylic acids is 1. The highest BCUT2D eigenvalue weighted by Crippen LogP contribution is 2.48. The number of hydrogen-bond acceptors (Lipinski definition) is 3. The summed E-state index contributed by atoms with van der Waals surface area (Å²) >= 11 is 0. The zero-order valence-electron chi connectivity index (χ0n) is 12.9. The maximum absolute atomic E-state index is 13.9. The average Bonchev–Trinajstić information content (AvgIpc) is 3.26. The van der Waals surface area contributed by atoms with Gasteiger partial charge in [0.1, 0.15) is 0 Å². The molecule has 1 aliphatic carbocycles. The second-order valence-electron chi connectivity index (χ2n) is 5.73. The van der Waals surface area contributed by atoms with Gasteiger partial charge in [0.2, 0.25) is 0 Å². The lowest BCUT2D eigenvalue weighted by atomic mass is 9.88. The first-order chi connectivity index (χ1) is 10.3. The fraction of sp³-hybridized carbons (Fsp3) is 0.562. The first kappa shape index (κ1) is 16.5. The molecule has 122 valence electrons. The fourth-order valence-corrected chi connectivity index (χ4v) is 2.77. The monoisotopic (exact) mass is 314 g/mol. The summed E-state index contributed by atoms with van der Waals surface area (Å²) in [6, 6.07) is 2.97. The van der Waals surface area contributed by atoms with Gasteiger partial charge in [-0.15, -0.1) is 0 Å². The van der Waals surface area contributed by atoms with Crippen molar-refractivity contribution in [2.45, 2.75) is 38.0 Å². The molecule has 0 heterocycles. The summed E-state index contributed by atoms with van der Waals surface area (Å²) in [7, 11) is 2.69. The first-order valence-corrected chi connectivity index (χ1v) is 7.14. The predicted octanol–water partition coefficient (Wildman–Crippen LogP) is 3.78. The molecular formula is C16H20F2O4. The summed E-state index contributed by atoms with van der Waals surface area (Å²) in [5.74, 6) is -3.90. The Morgan fingerprint density at radius 2 is 2.00 bits per heavy atom. The Kier molecular flexibility index (Phi) is 4.58. The van der Waals surface area contributed by atoms with Crippen molar-refractivity contribution >= 4 is 5.97 Å². The van der Waals surface area contributed by atoms with E-state index in [1.807, 2.05) is 0 Å². The highest BCUT2D eigenvalue weighted by atomic mass is 19.3. The Labute approximate surface area is 128 Å². The highest BCUT2D eigenvalue weighted by Gasteiger charge is 2.37. The van der Waals surface area contributed by atoms with Crippen molar-refractivity contribution in [1.82, 2.24) is 0 Å². The molecule has 4 nitrogen and oxygen atoms in total. The van der Waals surface area contributed by atoms with Gasteiger partial charge in [-0.3, -0.25) is 4.79 Å². The Bertz CT molecular complexity index is 562. The standard InChI is InChI=1S/C16H20F2O4/c1-16(17,18)12-6-10(7-13(21-2)15(12)22-3)11(8-14(19)20)9-4-5-9/h6-7,9,11H,4-5,8H2,1-3H3,(H,19,20). The molecular weight excluding hydrogens is 294 g/mol. The third-order valence-electron chi connectivity index (χ3n) is 3.99. The van der Waals surface area contributed by atoms with Crippen LogP contribution in [0.5, 0.6) is 11.5 Å². The Morgan fingerprint density at radius 1 is 1.36 bits per heavy atom. The van der Waals surface area contributed by atoms with Crippen LogP contribution in [0.1, 0.15) is 43.2 Å². The number of carbonyl (C=O) groups is 1. The van der Waals surface area contributed by atoms with Gasteiger partial charge in [0.05, 0.1) is 26.2 Å². The lowest BCUT2D eigenvalue weighted by molar-refractivity contribution is -0.137. The number of halogens is 2. The number of alkyl halides is 2. The first-order valence-electron chi connectivity index (χ1n) is 7.14. The van der Waals surface area contributed by atoms with E-state index in [0.717, 1.165) is 19.8 Å². The molecule has 2 rings (SSSR count). The van der Waals surface area contributed by atoms with Gasteiger partial charge in [-0.25, -0.2) is 8.78 Å². The van der Waals surface area contributed by atoms with Crippen molar-refractivity contribution in [3.05, 3.63) is 23.3 Å². The molecule has 1 N–H and O–H groups in total. The quantitative estimate of drug-likeness (QED) is 0.832. The van der Waals surface area contributed by atoms with Crippen molar-refractivity contribution in [3.63, 3.8) is 0 Å². The third-order valence-corrected chi connectivity index (χ3v) is 3.99. The molecule has 1 aromatic carbocycles. The average molecular weight is 314 g/mol. The molecule has 1 atom stereocenters. The zero-order valence-corrected chi connectivity index (χ0v) is 12.9. The van der Waals surface area contributed by atoms with Crippen LogP contribution in [0.15, 0.2) is 12.1 Å². The Morgan fingerprint density at radius 3 is 2.41 bits per heavy atom. The smallest absolute Gasteiger partial charge is 0.303 e. The topological polar surface area (TPSA) is 55.8 Å². The van der Waals surface area contributed by atoms with E-state index in [-0.39, 0.29) is 35.3 Å². The van der Waals surface area contributed by atoms with E-state index in [1.165, 1.54) is 20.3 Å². The molecule has 0 radical (unpaired) electrons. The van der Waals surface area contributed by atoms with E-state index >= 15 is 0 Å². The number of ether oxygens (including phenoxy) is 2. The SMILES string of the molecule is COc1cc(C(CC(=O)O)C2CC2)cc(C(C)(F)F)c1OC. The Balaban J connectivity index is 2.53. The minimum atomic E-state index is -3.11. The minimum Gasteiger partial charge on any atom is -0.493 e. The number of benzene rings is 1. The summed E-state index contributed by atoms with van der Waals surface area (Å²) in [6.07, 6.45) is 1.77. The molecule has 0 amide bonds. The molecule has 0 aromatic heterocycles. The normalized spacial score (nSPS) is 16.2. The number of rotatable bonds is 7. The summed E-state index contributed by atoms with van der Waals surface area (Å²) in [4.78, 5) is 11.1. The van der Waals surface area contributed by atoms with Gasteiger partial charge in [0, 0.05) is 6.92 Å². The molecule has 0 saturated heterocycles. The van der Waals surface area contributed by atoms with Crippen LogP contribution in [0.4, 0.5) is 8.78 Å². The van der Waals surface area contributed by atoms with Crippen LogP contribution in [-0.2, 0) is 10.7 Å². The summed E-state index contributed by atoms with van der Waals surface area (Å²) in [5, 5.41) is 9.07. The van der Waals surface area contributed by atoms with E-state index in [1.54, 1.807) is 6.07 Å². The second kappa shape index (κ2) is 6.10. The van der Waals surface area contributed by atoms with Crippen molar-refractivity contribution in [2.75, 3.05) is 14.2 Å². The van der Waals surface area contributed by atoms with Crippen LogP contribution < -0.4 is 9.47 Å². The molecule has 1 aromatic rings. The van der Waals surface area contributed by atoms with Crippen molar-refractivity contribution in [3.8, 4) is 11.5 Å². The largest absolute Gasteiger partial charge is 0.493 e. The maximum Gasteiger partial charge on any atom is 0.303 e. The molecule has 0 bridgehead atoms. The molecule has 1 aliphatic rings. The summed E-state index contributed by atoms with van der Waals surface area (Å²) < 4.78 is 38.0. The molecule has 6 heteroatoms. The van der Waals surface area contributed by atoms with Crippen molar-refractivity contribution in [2.24, 2.45) is 5.92 Å². The van der Waals surface area contributed by atoms with Crippen molar-refractivity contribution in [1.29, 1.82) is 0 Å². The van der Waals surface area contributed by atoms with Gasteiger partial charge >= 0.3 is 5.97 Å². The molecule has 1 unspecified atom stereocenters. The van der Waals surface area contributed by atoms with Gasteiger partial charge in [0.25, 0.3) is 5.92 Å². The molecule has 0 aliphatic heterocycles. The Hall–Kier alpha value is -1.85. The van der Waals surface area contributed by atoms with Crippen LogP contribution in [0.25, 0.3) is 0 Å². The fourth-order valence-electron chi connectivity index (χ4n) is 2.77. The minimum absolute atomic E-state index is 0.0105. The maximum atomic E-state index is 13.9. The molecule has 22 heavy (non-hydrogen) atoms. The van der Waals surface area contributed by atoms with E-state index in [0.29, 0.717) is 5.56 Å². The number of hydrogen-bond donors (Lipinski definition) is 1. The van der Waals surface area contributed by atoms with Gasteiger partial charge in [0.15, 0.2) is 11.5 Å². The lowest BCUT2D eigenvalue weighted by Crippen LogP contribution is -2.14. The van der Waals surface area contributed by atoms with Crippen LogP contribution in [-0.4, -0.2) is 25.3 Å². The van der Waals surface area contributed by atoms with Gasteiger partial charge in [-0.2, -0.15) is 0 Å². The number of carboxylic acid groups (broad SMARTS) is 1. The number of carboxylic acids is 1. The highest BCUT2D eigenvalue weighted by molar-refractivity contribution is 5.68. The zero-order chi connectivity index (χ0) is 16.5. The van der Waals surface area contributed by atoms with Gasteiger partial charge < -0.3 is 14.6 Å². The van der Waals surface area contributed by atoms with Crippen LogP contribution in [0.3, 0.4) is 0 Å². The van der Waals surface area contributed by atoms with E-state index < -0.39 is 11.9 Å². The van der Waals surface area contributed by atoms with Crippen LogP contribution in [0, 0.1) is 5.92 Å². The molecule has 1 saturated carbocycles. The third kappa shape index (κ3) is 3.48. The number of methoxy groups -OCH3 is 2. The van der Waals surface area contributed by atoms with Crippen LogP contribution in [0.2, 0.25) is 0 Å². The predicted molar refractivity (Wildman–Crippen MR) is 76.8 cm³/mol. The lowest BCUT2D eigenvalue weighted by Gasteiger charge is -2.22. The summed E-state index contributed by atoms with van der Waals surface area (Å²) in [6.45, 7) is 0.789. The van der Waals surface area contributed by atoms with Gasteiger partial charge in [-0.1, -0.05) is 0 Å². The molecule has 1 fully saturated rings. The van der Waals surface area contributed by atoms with E-state index in [2.05, 4.69) is 0 Å². The van der Waals surface area contributed by atoms with Crippen molar-refractivity contribution < 1.29 is 28.2 Å². The van der Waals surface area contributed by atoms with Crippen LogP contribution >= 0.6 is 0 Å². The second-order valence-corrected chi connectivity index (χ2v) is 5.73. The molecule has 0 spiro atoms. The van der Waals surface area contributed by atoms with Gasteiger partial charge in [-0.05, 0) is 42.4 Å². The van der Waals surface area contributed by atoms with E-state index in [4.69, 9.17) is 14.6 Å². The van der Waals surface area contributed by atoms with E-state index in [9.17, 15) is 13.6 Å². The summed E-state index contributed by atoms with van der Waals surface area (Å²) in [5.41, 5.74) is 0.291.